The van der Waals surface area contributed by atoms with Crippen LogP contribution in [0.4, 0.5) is 0 Å². The zero-order chi connectivity index (χ0) is 8.43. The normalized spacial score (nSPS) is 16.4. The van der Waals surface area contributed by atoms with Gasteiger partial charge in [-0.2, -0.15) is 0 Å². The van der Waals surface area contributed by atoms with Gasteiger partial charge in [0, 0.05) is 10.9 Å². The quantitative estimate of drug-likeness (QED) is 0.749. The second kappa shape index (κ2) is 3.54. The van der Waals surface area contributed by atoms with Crippen LogP contribution in [-0.4, -0.2) is 11.1 Å². The first kappa shape index (κ1) is 9.00. The number of aliphatic hydroxyl groups excluding tert-OH is 1. The summed E-state index contributed by atoms with van der Waals surface area (Å²) in [6.07, 6.45) is -0.590. The van der Waals surface area contributed by atoms with Gasteiger partial charge in [-0.05, 0) is 19.1 Å². The van der Waals surface area contributed by atoms with Crippen LogP contribution in [0.2, 0.25) is 4.34 Å². The Morgan fingerprint density at radius 2 is 2.27 bits per heavy atom. The van der Waals surface area contributed by atoms with E-state index in [-0.39, 0.29) is 6.04 Å². The van der Waals surface area contributed by atoms with Crippen LogP contribution in [0.5, 0.6) is 0 Å². The number of aliphatic hydroxyl groups is 1. The molecule has 0 spiro atoms. The van der Waals surface area contributed by atoms with Crippen molar-refractivity contribution in [2.45, 2.75) is 19.1 Å². The van der Waals surface area contributed by atoms with Gasteiger partial charge in [-0.3, -0.25) is 0 Å². The standard InChI is InChI=1S/C7H10ClNOS/c1-4(9)7(10)5-2-3-6(8)11-5/h2-4,7,10H,9H2,1H3/t4-,7-/m1/s1. The molecule has 11 heavy (non-hydrogen) atoms. The van der Waals surface area contributed by atoms with Crippen molar-refractivity contribution in [2.75, 3.05) is 0 Å². The van der Waals surface area contributed by atoms with E-state index in [0.717, 1.165) is 4.88 Å². The Kier molecular flexibility index (Phi) is 2.90. The number of thiophene rings is 1. The van der Waals surface area contributed by atoms with Crippen LogP contribution in [0.3, 0.4) is 0 Å². The number of hydrogen-bond donors (Lipinski definition) is 2. The molecule has 0 aromatic carbocycles. The highest BCUT2D eigenvalue weighted by Gasteiger charge is 2.13. The van der Waals surface area contributed by atoms with E-state index in [1.54, 1.807) is 19.1 Å². The largest absolute Gasteiger partial charge is 0.386 e. The number of rotatable bonds is 2. The second-order valence-electron chi connectivity index (χ2n) is 2.45. The molecule has 62 valence electrons. The summed E-state index contributed by atoms with van der Waals surface area (Å²) in [5.41, 5.74) is 5.49. The molecular formula is C7H10ClNOS. The number of halogens is 1. The number of hydrogen-bond acceptors (Lipinski definition) is 3. The first-order chi connectivity index (χ1) is 5.11. The maximum atomic E-state index is 9.44. The van der Waals surface area contributed by atoms with E-state index in [1.807, 2.05) is 0 Å². The van der Waals surface area contributed by atoms with Crippen LogP contribution in [0, 0.1) is 0 Å². The molecule has 0 fully saturated rings. The lowest BCUT2D eigenvalue weighted by Gasteiger charge is -2.11. The van der Waals surface area contributed by atoms with E-state index in [4.69, 9.17) is 17.3 Å². The minimum Gasteiger partial charge on any atom is -0.386 e. The van der Waals surface area contributed by atoms with Gasteiger partial charge in [0.05, 0.1) is 4.34 Å². The first-order valence-electron chi connectivity index (χ1n) is 3.30. The van der Waals surface area contributed by atoms with E-state index in [9.17, 15) is 5.11 Å². The third-order valence-corrected chi connectivity index (χ3v) is 2.69. The molecule has 0 amide bonds. The summed E-state index contributed by atoms with van der Waals surface area (Å²) < 4.78 is 0.680. The Morgan fingerprint density at radius 1 is 1.64 bits per heavy atom. The van der Waals surface area contributed by atoms with Crippen molar-refractivity contribution in [1.82, 2.24) is 0 Å². The summed E-state index contributed by atoms with van der Waals surface area (Å²) in [4.78, 5) is 0.824. The van der Waals surface area contributed by atoms with Crippen molar-refractivity contribution in [3.05, 3.63) is 21.3 Å². The third-order valence-electron chi connectivity index (χ3n) is 1.38. The van der Waals surface area contributed by atoms with Crippen LogP contribution < -0.4 is 5.73 Å². The average molecular weight is 192 g/mol. The highest BCUT2D eigenvalue weighted by atomic mass is 35.5. The molecular weight excluding hydrogens is 182 g/mol. The Labute approximate surface area is 74.6 Å². The third kappa shape index (κ3) is 2.17. The summed E-state index contributed by atoms with van der Waals surface area (Å²) in [6.45, 7) is 1.76. The zero-order valence-corrected chi connectivity index (χ0v) is 7.69. The zero-order valence-electron chi connectivity index (χ0n) is 6.12. The monoisotopic (exact) mass is 191 g/mol. The molecule has 0 saturated heterocycles. The fourth-order valence-electron chi connectivity index (χ4n) is 0.746. The fraction of sp³-hybridized carbons (Fsp3) is 0.429. The Hall–Kier alpha value is -0.0900. The van der Waals surface area contributed by atoms with E-state index < -0.39 is 6.10 Å². The van der Waals surface area contributed by atoms with Crippen LogP contribution in [-0.2, 0) is 0 Å². The van der Waals surface area contributed by atoms with Gasteiger partial charge < -0.3 is 10.8 Å². The number of nitrogens with two attached hydrogens (primary N) is 1. The summed E-state index contributed by atoms with van der Waals surface area (Å²) in [5.74, 6) is 0. The molecule has 0 bridgehead atoms. The molecule has 1 aromatic rings. The van der Waals surface area contributed by atoms with E-state index in [2.05, 4.69) is 0 Å². The summed E-state index contributed by atoms with van der Waals surface area (Å²) in [7, 11) is 0. The van der Waals surface area contributed by atoms with Gasteiger partial charge in [0.15, 0.2) is 0 Å². The molecule has 1 aromatic heterocycles. The summed E-state index contributed by atoms with van der Waals surface area (Å²) in [6, 6.07) is 3.30. The van der Waals surface area contributed by atoms with Gasteiger partial charge in [0.2, 0.25) is 0 Å². The Bertz CT molecular complexity index is 236. The maximum absolute atomic E-state index is 9.44. The smallest absolute Gasteiger partial charge is 0.103 e. The average Bonchev–Trinajstić information content (AvgIpc) is 2.34. The molecule has 0 aliphatic heterocycles. The first-order valence-corrected chi connectivity index (χ1v) is 4.49. The summed E-state index contributed by atoms with van der Waals surface area (Å²) >= 11 is 7.04. The lowest BCUT2D eigenvalue weighted by molar-refractivity contribution is 0.157. The van der Waals surface area contributed by atoms with Crippen molar-refractivity contribution in [2.24, 2.45) is 5.73 Å². The van der Waals surface area contributed by atoms with Crippen molar-refractivity contribution in [3.63, 3.8) is 0 Å². The van der Waals surface area contributed by atoms with Gasteiger partial charge >= 0.3 is 0 Å². The molecule has 4 heteroatoms. The van der Waals surface area contributed by atoms with Gasteiger partial charge in [0.25, 0.3) is 0 Å². The molecule has 0 saturated carbocycles. The lowest BCUT2D eigenvalue weighted by Crippen LogP contribution is -2.23. The molecule has 1 rings (SSSR count). The van der Waals surface area contributed by atoms with E-state index >= 15 is 0 Å². The molecule has 0 radical (unpaired) electrons. The topological polar surface area (TPSA) is 46.2 Å². The van der Waals surface area contributed by atoms with E-state index in [0.29, 0.717) is 4.34 Å². The fourth-order valence-corrected chi connectivity index (χ4v) is 1.91. The van der Waals surface area contributed by atoms with Gasteiger partial charge in [-0.1, -0.05) is 11.6 Å². The Balaban J connectivity index is 2.76. The van der Waals surface area contributed by atoms with Crippen molar-refractivity contribution >= 4 is 22.9 Å². The van der Waals surface area contributed by atoms with Crippen LogP contribution in [0.1, 0.15) is 17.9 Å². The van der Waals surface area contributed by atoms with Crippen molar-refractivity contribution in [1.29, 1.82) is 0 Å². The van der Waals surface area contributed by atoms with Crippen molar-refractivity contribution in [3.8, 4) is 0 Å². The summed E-state index contributed by atoms with van der Waals surface area (Å²) in [5, 5.41) is 9.44. The molecule has 0 aliphatic carbocycles. The van der Waals surface area contributed by atoms with E-state index in [1.165, 1.54) is 11.3 Å². The predicted octanol–water partition coefficient (Wildman–Crippen LogP) is 1.78. The van der Waals surface area contributed by atoms with Crippen LogP contribution in [0.25, 0.3) is 0 Å². The maximum Gasteiger partial charge on any atom is 0.103 e. The highest BCUT2D eigenvalue weighted by Crippen LogP contribution is 2.27. The van der Waals surface area contributed by atoms with Gasteiger partial charge in [-0.15, -0.1) is 11.3 Å². The van der Waals surface area contributed by atoms with Gasteiger partial charge in [0.1, 0.15) is 6.10 Å². The van der Waals surface area contributed by atoms with Crippen LogP contribution >= 0.6 is 22.9 Å². The highest BCUT2D eigenvalue weighted by molar-refractivity contribution is 7.16. The predicted molar refractivity (Wildman–Crippen MR) is 47.9 cm³/mol. The molecule has 2 nitrogen and oxygen atoms in total. The molecule has 0 unspecified atom stereocenters. The Morgan fingerprint density at radius 3 is 2.64 bits per heavy atom. The van der Waals surface area contributed by atoms with Gasteiger partial charge in [-0.25, -0.2) is 0 Å². The minimum absolute atomic E-state index is 0.246. The molecule has 2 atom stereocenters. The SMILES string of the molecule is C[C@@H](N)[C@@H](O)c1ccc(Cl)s1. The molecule has 3 N–H and O–H groups in total. The van der Waals surface area contributed by atoms with Crippen molar-refractivity contribution < 1.29 is 5.11 Å². The minimum atomic E-state index is -0.590. The lowest BCUT2D eigenvalue weighted by atomic mass is 10.2. The van der Waals surface area contributed by atoms with Crippen LogP contribution in [0.15, 0.2) is 12.1 Å². The second-order valence-corrected chi connectivity index (χ2v) is 4.19. The molecule has 1 heterocycles. The molecule has 0 aliphatic rings.